The largest absolute Gasteiger partial charge is 0.316 e. The molecule has 1 fully saturated rings. The summed E-state index contributed by atoms with van der Waals surface area (Å²) in [5.74, 6) is 0. The van der Waals surface area contributed by atoms with Gasteiger partial charge in [0.2, 0.25) is 10.0 Å². The number of sulfonamides is 1. The lowest BCUT2D eigenvalue weighted by atomic mass is 9.92. The molecule has 0 saturated heterocycles. The molecule has 0 aromatic heterocycles. The first-order valence-electron chi connectivity index (χ1n) is 7.50. The van der Waals surface area contributed by atoms with E-state index in [4.69, 9.17) is 0 Å². The zero-order valence-electron chi connectivity index (χ0n) is 13.4. The fraction of sp³-hybridized carbons (Fsp3) is 0.625. The Kier molecular flexibility index (Phi) is 4.76. The molecule has 0 amide bonds. The van der Waals surface area contributed by atoms with Crippen LogP contribution in [0, 0.1) is 12.3 Å². The molecule has 2 rings (SSSR count). The van der Waals surface area contributed by atoms with Gasteiger partial charge in [0.25, 0.3) is 0 Å². The van der Waals surface area contributed by atoms with Gasteiger partial charge in [-0.2, -0.15) is 0 Å². The van der Waals surface area contributed by atoms with E-state index in [-0.39, 0.29) is 11.5 Å². The minimum atomic E-state index is -3.44. The van der Waals surface area contributed by atoms with Crippen LogP contribution in [0.15, 0.2) is 23.1 Å². The van der Waals surface area contributed by atoms with Gasteiger partial charge >= 0.3 is 0 Å². The molecule has 5 heteroatoms. The minimum absolute atomic E-state index is 0.0531. The third kappa shape index (κ3) is 3.84. The molecular weight excluding hydrogens is 284 g/mol. The number of nitrogens with one attached hydrogen (secondary N) is 2. The molecule has 1 unspecified atom stereocenters. The summed E-state index contributed by atoms with van der Waals surface area (Å²) in [7, 11) is -1.58. The van der Waals surface area contributed by atoms with E-state index in [0.29, 0.717) is 11.4 Å². The average molecular weight is 310 g/mol. The number of benzene rings is 1. The molecule has 2 N–H and O–H groups in total. The van der Waals surface area contributed by atoms with Crippen molar-refractivity contribution in [2.24, 2.45) is 5.41 Å². The lowest BCUT2D eigenvalue weighted by Crippen LogP contribution is -2.34. The van der Waals surface area contributed by atoms with Crippen LogP contribution in [0.4, 0.5) is 0 Å². The number of hydrogen-bond donors (Lipinski definition) is 2. The van der Waals surface area contributed by atoms with Crippen LogP contribution in [-0.4, -0.2) is 21.5 Å². The highest BCUT2D eigenvalue weighted by Gasteiger charge is 2.33. The summed E-state index contributed by atoms with van der Waals surface area (Å²) in [5.41, 5.74) is 2.08. The molecule has 1 saturated carbocycles. The van der Waals surface area contributed by atoms with Crippen LogP contribution < -0.4 is 10.0 Å². The molecule has 21 heavy (non-hydrogen) atoms. The van der Waals surface area contributed by atoms with Crippen molar-refractivity contribution in [2.45, 2.75) is 57.5 Å². The maximum Gasteiger partial charge on any atom is 0.241 e. The van der Waals surface area contributed by atoms with Crippen molar-refractivity contribution >= 4 is 10.0 Å². The van der Waals surface area contributed by atoms with Crippen molar-refractivity contribution in [3.63, 3.8) is 0 Å². The summed E-state index contributed by atoms with van der Waals surface area (Å²) in [6.07, 6.45) is 2.89. The van der Waals surface area contributed by atoms with E-state index >= 15 is 0 Å². The Balaban J connectivity index is 2.22. The molecular formula is C16H26N2O2S. The SMILES string of the molecule is CNCc1cccc(S(=O)(=O)NC2CCC(C)(C)C2)c1C. The van der Waals surface area contributed by atoms with E-state index < -0.39 is 10.0 Å². The summed E-state index contributed by atoms with van der Waals surface area (Å²) in [5, 5.41) is 3.07. The molecule has 1 aliphatic rings. The van der Waals surface area contributed by atoms with Gasteiger partial charge in [-0.15, -0.1) is 0 Å². The van der Waals surface area contributed by atoms with Gasteiger partial charge in [0, 0.05) is 12.6 Å². The third-order valence-corrected chi connectivity index (χ3v) is 6.01. The maximum absolute atomic E-state index is 12.6. The molecule has 0 aliphatic heterocycles. The predicted molar refractivity (Wildman–Crippen MR) is 85.7 cm³/mol. The molecule has 1 atom stereocenters. The molecule has 1 aliphatic carbocycles. The minimum Gasteiger partial charge on any atom is -0.316 e. The fourth-order valence-electron chi connectivity index (χ4n) is 3.15. The van der Waals surface area contributed by atoms with Gasteiger partial charge in [0.1, 0.15) is 0 Å². The Morgan fingerprint density at radius 2 is 2.05 bits per heavy atom. The molecule has 1 aromatic carbocycles. The topological polar surface area (TPSA) is 58.2 Å². The van der Waals surface area contributed by atoms with Crippen molar-refractivity contribution < 1.29 is 8.42 Å². The Morgan fingerprint density at radius 1 is 1.33 bits per heavy atom. The van der Waals surface area contributed by atoms with Crippen LogP contribution in [0.2, 0.25) is 0 Å². The first-order valence-corrected chi connectivity index (χ1v) is 8.99. The van der Waals surface area contributed by atoms with Gasteiger partial charge in [0.15, 0.2) is 0 Å². The van der Waals surface area contributed by atoms with Crippen molar-refractivity contribution in [2.75, 3.05) is 7.05 Å². The van der Waals surface area contributed by atoms with Crippen molar-refractivity contribution in [1.29, 1.82) is 0 Å². The predicted octanol–water partition coefficient (Wildman–Crippen LogP) is 2.57. The second-order valence-corrected chi connectivity index (χ2v) is 8.48. The van der Waals surface area contributed by atoms with E-state index in [1.807, 2.05) is 26.1 Å². The summed E-state index contributed by atoms with van der Waals surface area (Å²) in [6, 6.07) is 5.52. The Labute approximate surface area is 128 Å². The third-order valence-electron chi connectivity index (χ3n) is 4.34. The number of rotatable bonds is 5. The van der Waals surface area contributed by atoms with E-state index in [9.17, 15) is 8.42 Å². The summed E-state index contributed by atoms with van der Waals surface area (Å²) >= 11 is 0. The summed E-state index contributed by atoms with van der Waals surface area (Å²) < 4.78 is 28.2. The molecule has 0 heterocycles. The zero-order valence-corrected chi connectivity index (χ0v) is 14.2. The lowest BCUT2D eigenvalue weighted by Gasteiger charge is -2.19. The highest BCUT2D eigenvalue weighted by Crippen LogP contribution is 2.37. The molecule has 118 valence electrons. The van der Waals surface area contributed by atoms with E-state index in [1.54, 1.807) is 6.07 Å². The molecule has 0 radical (unpaired) electrons. The van der Waals surface area contributed by atoms with Crippen molar-refractivity contribution in [1.82, 2.24) is 10.0 Å². The van der Waals surface area contributed by atoms with Crippen LogP contribution in [0.3, 0.4) is 0 Å². The van der Waals surface area contributed by atoms with Crippen LogP contribution in [0.1, 0.15) is 44.2 Å². The van der Waals surface area contributed by atoms with Crippen LogP contribution in [-0.2, 0) is 16.6 Å². The molecule has 1 aromatic rings. The van der Waals surface area contributed by atoms with Gasteiger partial charge in [0.05, 0.1) is 4.90 Å². The van der Waals surface area contributed by atoms with Crippen molar-refractivity contribution in [3.8, 4) is 0 Å². The van der Waals surface area contributed by atoms with Crippen molar-refractivity contribution in [3.05, 3.63) is 29.3 Å². The smallest absolute Gasteiger partial charge is 0.241 e. The van der Waals surface area contributed by atoms with Gasteiger partial charge in [-0.3, -0.25) is 0 Å². The van der Waals surface area contributed by atoms with Gasteiger partial charge in [-0.25, -0.2) is 13.1 Å². The van der Waals surface area contributed by atoms with Crippen LogP contribution in [0.5, 0.6) is 0 Å². The Morgan fingerprint density at radius 3 is 2.62 bits per heavy atom. The first-order chi connectivity index (χ1) is 9.75. The highest BCUT2D eigenvalue weighted by atomic mass is 32.2. The quantitative estimate of drug-likeness (QED) is 0.879. The van der Waals surface area contributed by atoms with Gasteiger partial charge in [-0.05, 0) is 55.8 Å². The summed E-state index contributed by atoms with van der Waals surface area (Å²) in [6.45, 7) is 6.94. The molecule has 0 spiro atoms. The highest BCUT2D eigenvalue weighted by molar-refractivity contribution is 7.89. The Bertz CT molecular complexity index is 609. The number of hydrogen-bond acceptors (Lipinski definition) is 3. The fourth-order valence-corrected chi connectivity index (χ4v) is 4.71. The van der Waals surface area contributed by atoms with Crippen LogP contribution >= 0.6 is 0 Å². The maximum atomic E-state index is 12.6. The second kappa shape index (κ2) is 6.07. The standard InChI is InChI=1S/C16H26N2O2S/c1-12-13(11-17-4)6-5-7-15(12)21(19,20)18-14-8-9-16(2,3)10-14/h5-7,14,17-18H,8-11H2,1-4H3. The van der Waals surface area contributed by atoms with Gasteiger partial charge in [-0.1, -0.05) is 26.0 Å². The van der Waals surface area contributed by atoms with E-state index in [2.05, 4.69) is 23.9 Å². The monoisotopic (exact) mass is 310 g/mol. The van der Waals surface area contributed by atoms with E-state index in [1.165, 1.54) is 0 Å². The average Bonchev–Trinajstić information content (AvgIpc) is 2.70. The van der Waals surface area contributed by atoms with Crippen LogP contribution in [0.25, 0.3) is 0 Å². The van der Waals surface area contributed by atoms with E-state index in [0.717, 1.165) is 30.4 Å². The lowest BCUT2D eigenvalue weighted by molar-refractivity contribution is 0.372. The normalized spacial score (nSPS) is 21.6. The molecule has 4 nitrogen and oxygen atoms in total. The second-order valence-electron chi connectivity index (χ2n) is 6.80. The first kappa shape index (κ1) is 16.5. The zero-order chi connectivity index (χ0) is 15.7. The summed E-state index contributed by atoms with van der Waals surface area (Å²) in [4.78, 5) is 0.403. The molecule has 0 bridgehead atoms. The van der Waals surface area contributed by atoms with Gasteiger partial charge < -0.3 is 5.32 Å². The Hall–Kier alpha value is -0.910.